The maximum Gasteiger partial charge on any atom is 0.119 e. The Hall–Kier alpha value is -2.17. The van der Waals surface area contributed by atoms with Crippen LogP contribution in [0.1, 0.15) is 21.8 Å². The molecule has 1 aromatic heterocycles. The molecule has 3 rings (SSSR count). The number of benzene rings is 2. The molecular weight excluding hydrogens is 328 g/mol. The monoisotopic (exact) mass is 352 g/mol. The SMILES string of the molecule is Cc1ccc(OCCN(C)Cc2csc(Cc3ccccc3)n2)cc1. The zero-order valence-electron chi connectivity index (χ0n) is 14.8. The number of nitrogens with zero attached hydrogens (tertiary/aromatic N) is 2. The quantitative estimate of drug-likeness (QED) is 0.594. The lowest BCUT2D eigenvalue weighted by molar-refractivity contribution is 0.231. The van der Waals surface area contributed by atoms with Gasteiger partial charge in [0.1, 0.15) is 12.4 Å². The number of aryl methyl sites for hydroxylation is 1. The largest absolute Gasteiger partial charge is 0.492 e. The van der Waals surface area contributed by atoms with Crippen LogP contribution in [0.3, 0.4) is 0 Å². The lowest BCUT2D eigenvalue weighted by atomic mass is 10.2. The maximum absolute atomic E-state index is 5.79. The second-order valence-corrected chi connectivity index (χ2v) is 7.24. The third kappa shape index (κ3) is 5.69. The number of hydrogen-bond acceptors (Lipinski definition) is 4. The van der Waals surface area contributed by atoms with E-state index >= 15 is 0 Å². The number of aromatic nitrogens is 1. The molecule has 0 saturated heterocycles. The van der Waals surface area contributed by atoms with Crippen molar-refractivity contribution >= 4 is 11.3 Å². The van der Waals surface area contributed by atoms with Gasteiger partial charge in [0.2, 0.25) is 0 Å². The Labute approximate surface area is 153 Å². The van der Waals surface area contributed by atoms with Crippen molar-refractivity contribution in [1.82, 2.24) is 9.88 Å². The van der Waals surface area contributed by atoms with E-state index in [4.69, 9.17) is 9.72 Å². The van der Waals surface area contributed by atoms with E-state index in [1.807, 2.05) is 18.2 Å². The number of likely N-dealkylation sites (N-methyl/N-ethyl adjacent to an activating group) is 1. The molecule has 0 radical (unpaired) electrons. The molecule has 0 atom stereocenters. The summed E-state index contributed by atoms with van der Waals surface area (Å²) in [6.45, 7) is 4.49. The van der Waals surface area contributed by atoms with Gasteiger partial charge in [0, 0.05) is 24.9 Å². The van der Waals surface area contributed by atoms with Gasteiger partial charge < -0.3 is 4.74 Å². The van der Waals surface area contributed by atoms with Gasteiger partial charge >= 0.3 is 0 Å². The molecule has 0 unspecified atom stereocenters. The minimum absolute atomic E-state index is 0.681. The van der Waals surface area contributed by atoms with Gasteiger partial charge in [-0.3, -0.25) is 4.90 Å². The first-order valence-electron chi connectivity index (χ1n) is 8.54. The molecule has 0 fully saturated rings. The normalized spacial score (nSPS) is 11.0. The summed E-state index contributed by atoms with van der Waals surface area (Å²) in [6.07, 6.45) is 0.908. The number of ether oxygens (including phenoxy) is 1. The summed E-state index contributed by atoms with van der Waals surface area (Å²) in [5.41, 5.74) is 3.69. The molecule has 3 nitrogen and oxygen atoms in total. The molecule has 130 valence electrons. The molecule has 0 bridgehead atoms. The second kappa shape index (κ2) is 8.79. The van der Waals surface area contributed by atoms with E-state index in [2.05, 4.69) is 60.6 Å². The van der Waals surface area contributed by atoms with Crippen molar-refractivity contribution in [2.24, 2.45) is 0 Å². The fourth-order valence-corrected chi connectivity index (χ4v) is 3.40. The summed E-state index contributed by atoms with van der Waals surface area (Å²) in [4.78, 5) is 7.00. The van der Waals surface area contributed by atoms with Gasteiger partial charge in [-0.1, -0.05) is 48.0 Å². The lowest BCUT2D eigenvalue weighted by Crippen LogP contribution is -2.24. The Balaban J connectivity index is 1.43. The summed E-state index contributed by atoms with van der Waals surface area (Å²) in [5, 5.41) is 3.33. The molecule has 2 aromatic carbocycles. The predicted molar refractivity (Wildman–Crippen MR) is 104 cm³/mol. The summed E-state index contributed by atoms with van der Waals surface area (Å²) >= 11 is 1.74. The van der Waals surface area contributed by atoms with Gasteiger partial charge in [0.15, 0.2) is 0 Å². The molecule has 0 spiro atoms. The summed E-state index contributed by atoms with van der Waals surface area (Å²) < 4.78 is 5.79. The Bertz CT molecular complexity index is 768. The van der Waals surface area contributed by atoms with Crippen LogP contribution in [-0.2, 0) is 13.0 Å². The van der Waals surface area contributed by atoms with Crippen molar-refractivity contribution in [3.63, 3.8) is 0 Å². The van der Waals surface area contributed by atoms with Crippen LogP contribution in [0.5, 0.6) is 5.75 Å². The molecular formula is C21H24N2OS. The van der Waals surface area contributed by atoms with E-state index in [1.54, 1.807) is 11.3 Å². The molecule has 0 aliphatic carbocycles. The Morgan fingerprint density at radius 1 is 1.04 bits per heavy atom. The Morgan fingerprint density at radius 3 is 2.56 bits per heavy atom. The molecule has 25 heavy (non-hydrogen) atoms. The van der Waals surface area contributed by atoms with Gasteiger partial charge in [-0.2, -0.15) is 0 Å². The molecule has 0 saturated carbocycles. The van der Waals surface area contributed by atoms with Crippen LogP contribution in [0.25, 0.3) is 0 Å². The zero-order chi connectivity index (χ0) is 17.5. The Kier molecular flexibility index (Phi) is 6.20. The zero-order valence-corrected chi connectivity index (χ0v) is 15.6. The van der Waals surface area contributed by atoms with E-state index in [0.717, 1.165) is 31.0 Å². The van der Waals surface area contributed by atoms with Crippen molar-refractivity contribution in [3.05, 3.63) is 81.8 Å². The van der Waals surface area contributed by atoms with Crippen molar-refractivity contribution in [2.75, 3.05) is 20.2 Å². The van der Waals surface area contributed by atoms with Gasteiger partial charge in [0.05, 0.1) is 10.7 Å². The fraction of sp³-hybridized carbons (Fsp3) is 0.286. The smallest absolute Gasteiger partial charge is 0.119 e. The van der Waals surface area contributed by atoms with Crippen LogP contribution in [0.2, 0.25) is 0 Å². The average Bonchev–Trinajstić information content (AvgIpc) is 3.04. The molecule has 3 aromatic rings. The van der Waals surface area contributed by atoms with Gasteiger partial charge in [0.25, 0.3) is 0 Å². The van der Waals surface area contributed by atoms with Crippen molar-refractivity contribution < 1.29 is 4.74 Å². The lowest BCUT2D eigenvalue weighted by Gasteiger charge is -2.15. The van der Waals surface area contributed by atoms with Gasteiger partial charge in [-0.05, 0) is 31.7 Å². The second-order valence-electron chi connectivity index (χ2n) is 6.29. The number of rotatable bonds is 8. The van der Waals surface area contributed by atoms with E-state index < -0.39 is 0 Å². The van der Waals surface area contributed by atoms with E-state index in [1.165, 1.54) is 16.1 Å². The Morgan fingerprint density at radius 2 is 1.80 bits per heavy atom. The van der Waals surface area contributed by atoms with Gasteiger partial charge in [-0.15, -0.1) is 11.3 Å². The average molecular weight is 353 g/mol. The van der Waals surface area contributed by atoms with E-state index in [0.29, 0.717) is 6.61 Å². The topological polar surface area (TPSA) is 25.4 Å². The molecule has 0 amide bonds. The summed E-state index contributed by atoms with van der Waals surface area (Å²) in [7, 11) is 2.11. The van der Waals surface area contributed by atoms with Crippen molar-refractivity contribution in [2.45, 2.75) is 19.9 Å². The van der Waals surface area contributed by atoms with Crippen LogP contribution in [0.4, 0.5) is 0 Å². The highest BCUT2D eigenvalue weighted by molar-refractivity contribution is 7.09. The maximum atomic E-state index is 5.79. The summed E-state index contributed by atoms with van der Waals surface area (Å²) in [5.74, 6) is 0.929. The molecule has 0 aliphatic rings. The third-order valence-electron chi connectivity index (χ3n) is 3.99. The highest BCUT2D eigenvalue weighted by Crippen LogP contribution is 2.16. The number of thiazole rings is 1. The van der Waals surface area contributed by atoms with Crippen LogP contribution < -0.4 is 4.74 Å². The fourth-order valence-electron chi connectivity index (χ4n) is 2.58. The standard InChI is InChI=1S/C21H24N2OS/c1-17-8-10-20(11-9-17)24-13-12-23(2)15-19-16-25-21(22-19)14-18-6-4-3-5-7-18/h3-11,16H,12-15H2,1-2H3. The highest BCUT2D eigenvalue weighted by Gasteiger charge is 2.06. The third-order valence-corrected chi connectivity index (χ3v) is 4.89. The molecule has 0 aliphatic heterocycles. The molecule has 1 heterocycles. The summed E-state index contributed by atoms with van der Waals surface area (Å²) in [6, 6.07) is 18.7. The number of hydrogen-bond donors (Lipinski definition) is 0. The van der Waals surface area contributed by atoms with Crippen molar-refractivity contribution in [1.29, 1.82) is 0 Å². The van der Waals surface area contributed by atoms with E-state index in [9.17, 15) is 0 Å². The van der Waals surface area contributed by atoms with Crippen LogP contribution >= 0.6 is 11.3 Å². The van der Waals surface area contributed by atoms with E-state index in [-0.39, 0.29) is 0 Å². The first-order valence-corrected chi connectivity index (χ1v) is 9.42. The molecule has 4 heteroatoms. The minimum Gasteiger partial charge on any atom is -0.492 e. The highest BCUT2D eigenvalue weighted by atomic mass is 32.1. The first-order chi connectivity index (χ1) is 12.2. The predicted octanol–water partition coefficient (Wildman–Crippen LogP) is 4.55. The molecule has 0 N–H and O–H groups in total. The first kappa shape index (κ1) is 17.6. The minimum atomic E-state index is 0.681. The van der Waals surface area contributed by atoms with Gasteiger partial charge in [-0.25, -0.2) is 4.98 Å². The van der Waals surface area contributed by atoms with Crippen LogP contribution in [-0.4, -0.2) is 30.1 Å². The van der Waals surface area contributed by atoms with Crippen LogP contribution in [0.15, 0.2) is 60.0 Å². The van der Waals surface area contributed by atoms with Crippen molar-refractivity contribution in [3.8, 4) is 5.75 Å². The van der Waals surface area contributed by atoms with Crippen LogP contribution in [0, 0.1) is 6.92 Å².